The molecule has 1 saturated heterocycles. The zero-order valence-corrected chi connectivity index (χ0v) is 17.8. The van der Waals surface area contributed by atoms with E-state index in [1.807, 2.05) is 20.0 Å². The molecule has 30 heavy (non-hydrogen) atoms. The minimum Gasteiger partial charge on any atom is -0.508 e. The van der Waals surface area contributed by atoms with Gasteiger partial charge in [0.2, 0.25) is 5.95 Å². The number of rotatable bonds is 3. The number of phenols is 2. The summed E-state index contributed by atoms with van der Waals surface area (Å²) in [5.74, 6) is 0.366. The second-order valence-corrected chi connectivity index (χ2v) is 8.49. The van der Waals surface area contributed by atoms with Crippen LogP contribution in [0.1, 0.15) is 46.9 Å². The highest BCUT2D eigenvalue weighted by Crippen LogP contribution is 2.33. The van der Waals surface area contributed by atoms with Crippen LogP contribution in [-0.2, 0) is 13.0 Å². The molecule has 1 aromatic heterocycles. The smallest absolute Gasteiger partial charge is 0.257 e. The van der Waals surface area contributed by atoms with Gasteiger partial charge < -0.3 is 24.9 Å². The SMILES string of the molecule is CC(C)c1cc(C(=O)N2CCc3nc(N4CCN(C)CC4)ncc3C2)c(O)cc1O. The van der Waals surface area contributed by atoms with Gasteiger partial charge in [0.25, 0.3) is 5.91 Å². The number of carbonyl (C=O) groups is 1. The van der Waals surface area contributed by atoms with E-state index in [4.69, 9.17) is 4.98 Å². The van der Waals surface area contributed by atoms with Crippen LogP contribution >= 0.6 is 0 Å². The first-order valence-electron chi connectivity index (χ1n) is 10.5. The fourth-order valence-electron chi connectivity index (χ4n) is 4.04. The molecule has 0 spiro atoms. The summed E-state index contributed by atoms with van der Waals surface area (Å²) in [7, 11) is 2.12. The summed E-state index contributed by atoms with van der Waals surface area (Å²) < 4.78 is 0. The molecular weight excluding hydrogens is 382 g/mol. The Morgan fingerprint density at radius 2 is 1.80 bits per heavy atom. The standard InChI is InChI=1S/C22H29N5O3/c1-14(2)16-10-17(20(29)11-19(16)28)21(30)27-5-4-18-15(13-27)12-23-22(24-18)26-8-6-25(3)7-9-26/h10-12,14,28-29H,4-9,13H2,1-3H3. The molecule has 1 amide bonds. The van der Waals surface area contributed by atoms with Crippen LogP contribution in [-0.4, -0.2) is 75.7 Å². The van der Waals surface area contributed by atoms with Crippen LogP contribution in [0.2, 0.25) is 0 Å². The second kappa shape index (κ2) is 8.10. The number of carbonyl (C=O) groups excluding carboxylic acids is 1. The normalized spacial score (nSPS) is 17.3. The van der Waals surface area contributed by atoms with Gasteiger partial charge >= 0.3 is 0 Å². The van der Waals surface area contributed by atoms with Crippen molar-refractivity contribution in [2.45, 2.75) is 32.7 Å². The maximum Gasteiger partial charge on any atom is 0.257 e. The molecule has 3 heterocycles. The first-order chi connectivity index (χ1) is 14.3. The first kappa shape index (κ1) is 20.4. The fraction of sp³-hybridized carbons (Fsp3) is 0.500. The second-order valence-electron chi connectivity index (χ2n) is 8.49. The highest BCUT2D eigenvalue weighted by atomic mass is 16.3. The van der Waals surface area contributed by atoms with Gasteiger partial charge in [-0.2, -0.15) is 0 Å². The van der Waals surface area contributed by atoms with Gasteiger partial charge in [0.1, 0.15) is 11.5 Å². The lowest BCUT2D eigenvalue weighted by molar-refractivity contribution is 0.0730. The van der Waals surface area contributed by atoms with Crippen LogP contribution in [0.4, 0.5) is 5.95 Å². The lowest BCUT2D eigenvalue weighted by Gasteiger charge is -2.33. The monoisotopic (exact) mass is 411 g/mol. The number of piperazine rings is 1. The molecule has 1 fully saturated rings. The van der Waals surface area contributed by atoms with Gasteiger partial charge in [0.05, 0.1) is 11.3 Å². The lowest BCUT2D eigenvalue weighted by atomic mass is 9.97. The molecule has 0 bridgehead atoms. The van der Waals surface area contributed by atoms with Crippen molar-refractivity contribution in [1.29, 1.82) is 0 Å². The molecule has 1 aromatic carbocycles. The van der Waals surface area contributed by atoms with E-state index < -0.39 is 0 Å². The number of amides is 1. The van der Waals surface area contributed by atoms with Crippen LogP contribution in [0.3, 0.4) is 0 Å². The largest absolute Gasteiger partial charge is 0.508 e. The Hall–Kier alpha value is -2.87. The van der Waals surface area contributed by atoms with Crippen molar-refractivity contribution in [3.63, 3.8) is 0 Å². The molecule has 8 nitrogen and oxygen atoms in total. The summed E-state index contributed by atoms with van der Waals surface area (Å²) in [6.07, 6.45) is 2.48. The summed E-state index contributed by atoms with van der Waals surface area (Å²) in [6, 6.07) is 2.85. The highest BCUT2D eigenvalue weighted by molar-refractivity contribution is 5.97. The molecule has 0 unspecified atom stereocenters. The van der Waals surface area contributed by atoms with E-state index in [0.717, 1.165) is 43.4 Å². The zero-order chi connectivity index (χ0) is 21.4. The average molecular weight is 412 g/mol. The summed E-state index contributed by atoms with van der Waals surface area (Å²) >= 11 is 0. The molecule has 4 rings (SSSR count). The van der Waals surface area contributed by atoms with E-state index in [0.29, 0.717) is 25.1 Å². The van der Waals surface area contributed by atoms with Crippen molar-refractivity contribution in [1.82, 2.24) is 19.8 Å². The number of aromatic nitrogens is 2. The molecular formula is C22H29N5O3. The summed E-state index contributed by atoms with van der Waals surface area (Å²) in [5.41, 5.74) is 2.79. The van der Waals surface area contributed by atoms with Crippen molar-refractivity contribution in [2.75, 3.05) is 44.7 Å². The quantitative estimate of drug-likeness (QED) is 0.798. The first-order valence-corrected chi connectivity index (χ1v) is 10.5. The number of hydrogen-bond donors (Lipinski definition) is 2. The van der Waals surface area contributed by atoms with E-state index in [-0.39, 0.29) is 28.9 Å². The van der Waals surface area contributed by atoms with Crippen LogP contribution in [0.15, 0.2) is 18.3 Å². The minimum absolute atomic E-state index is 0.00729. The molecule has 2 aromatic rings. The number of nitrogens with zero attached hydrogens (tertiary/aromatic N) is 5. The number of likely N-dealkylation sites (N-methyl/N-ethyl adjacent to an activating group) is 1. The van der Waals surface area contributed by atoms with E-state index in [1.165, 1.54) is 6.07 Å². The van der Waals surface area contributed by atoms with Gasteiger partial charge in [-0.05, 0) is 24.6 Å². The summed E-state index contributed by atoms with van der Waals surface area (Å²) in [5, 5.41) is 20.3. The number of aromatic hydroxyl groups is 2. The number of phenolic OH excluding ortho intramolecular Hbond substituents is 2. The minimum atomic E-state index is -0.247. The maximum absolute atomic E-state index is 13.1. The Bertz CT molecular complexity index is 954. The van der Waals surface area contributed by atoms with Crippen molar-refractivity contribution in [2.24, 2.45) is 0 Å². The van der Waals surface area contributed by atoms with E-state index in [2.05, 4.69) is 21.8 Å². The van der Waals surface area contributed by atoms with Gasteiger partial charge in [-0.25, -0.2) is 9.97 Å². The lowest BCUT2D eigenvalue weighted by Crippen LogP contribution is -2.45. The van der Waals surface area contributed by atoms with Gasteiger partial charge in [0, 0.05) is 63.5 Å². The van der Waals surface area contributed by atoms with Gasteiger partial charge in [-0.3, -0.25) is 4.79 Å². The molecule has 2 N–H and O–H groups in total. The number of hydrogen-bond acceptors (Lipinski definition) is 7. The highest BCUT2D eigenvalue weighted by Gasteiger charge is 2.27. The molecule has 8 heteroatoms. The summed E-state index contributed by atoms with van der Waals surface area (Å²) in [6.45, 7) is 8.64. The number of benzene rings is 1. The maximum atomic E-state index is 13.1. The third-order valence-electron chi connectivity index (χ3n) is 5.99. The molecule has 0 saturated carbocycles. The fourth-order valence-corrected chi connectivity index (χ4v) is 4.04. The Balaban J connectivity index is 1.52. The zero-order valence-electron chi connectivity index (χ0n) is 17.8. The molecule has 0 aliphatic carbocycles. The Kier molecular flexibility index (Phi) is 5.51. The van der Waals surface area contributed by atoms with Gasteiger partial charge in [0.15, 0.2) is 0 Å². The predicted molar refractivity (Wildman–Crippen MR) is 114 cm³/mol. The number of fused-ring (bicyclic) bond motifs is 1. The molecule has 2 aliphatic rings. The Morgan fingerprint density at radius 1 is 1.07 bits per heavy atom. The summed E-state index contributed by atoms with van der Waals surface area (Å²) in [4.78, 5) is 28.6. The van der Waals surface area contributed by atoms with Crippen molar-refractivity contribution in [3.05, 3.63) is 40.7 Å². The average Bonchev–Trinajstić information content (AvgIpc) is 2.73. The van der Waals surface area contributed by atoms with Crippen LogP contribution in [0.25, 0.3) is 0 Å². The molecule has 160 valence electrons. The van der Waals surface area contributed by atoms with Crippen LogP contribution < -0.4 is 4.90 Å². The molecule has 0 radical (unpaired) electrons. The van der Waals surface area contributed by atoms with E-state index >= 15 is 0 Å². The van der Waals surface area contributed by atoms with Crippen molar-refractivity contribution < 1.29 is 15.0 Å². The van der Waals surface area contributed by atoms with Gasteiger partial charge in [-0.15, -0.1) is 0 Å². The molecule has 2 aliphatic heterocycles. The third-order valence-corrected chi connectivity index (χ3v) is 5.99. The molecule has 0 atom stereocenters. The van der Waals surface area contributed by atoms with E-state index in [9.17, 15) is 15.0 Å². The third kappa shape index (κ3) is 3.92. The van der Waals surface area contributed by atoms with E-state index in [1.54, 1.807) is 11.0 Å². The topological polar surface area (TPSA) is 93.0 Å². The Morgan fingerprint density at radius 3 is 2.50 bits per heavy atom. The van der Waals surface area contributed by atoms with Crippen molar-refractivity contribution >= 4 is 11.9 Å². The van der Waals surface area contributed by atoms with Crippen LogP contribution in [0.5, 0.6) is 11.5 Å². The number of anilines is 1. The van der Waals surface area contributed by atoms with Gasteiger partial charge in [-0.1, -0.05) is 13.8 Å². The Labute approximate surface area is 176 Å². The van der Waals surface area contributed by atoms with Crippen molar-refractivity contribution in [3.8, 4) is 11.5 Å². The van der Waals surface area contributed by atoms with Crippen LogP contribution in [0, 0.1) is 0 Å². The predicted octanol–water partition coefficient (Wildman–Crippen LogP) is 1.96.